The molecule has 0 saturated heterocycles. The van der Waals surface area contributed by atoms with Gasteiger partial charge >= 0.3 is 0 Å². The molecule has 0 aliphatic rings. The summed E-state index contributed by atoms with van der Waals surface area (Å²) in [5, 5.41) is 0. The maximum Gasteiger partial charge on any atom is 0.255 e. The van der Waals surface area contributed by atoms with Crippen molar-refractivity contribution in [2.75, 3.05) is 24.2 Å². The summed E-state index contributed by atoms with van der Waals surface area (Å²) < 4.78 is 24.0. The topological polar surface area (TPSA) is 29.3 Å². The molecule has 2 nitrogen and oxygen atoms in total. The van der Waals surface area contributed by atoms with Gasteiger partial charge in [0, 0.05) is 18.4 Å². The van der Waals surface area contributed by atoms with E-state index in [0.29, 0.717) is 11.4 Å². The zero-order valence-corrected chi connectivity index (χ0v) is 7.37. The Morgan fingerprint density at radius 2 is 2.15 bits per heavy atom. The highest BCUT2D eigenvalue weighted by molar-refractivity contribution is 5.55. The first-order valence-electron chi connectivity index (χ1n) is 3.94. The molecular formula is C9H12F2N2. The zero-order valence-electron chi connectivity index (χ0n) is 7.37. The summed E-state index contributed by atoms with van der Waals surface area (Å²) in [6.07, 6.45) is -2.33. The predicted molar refractivity (Wildman–Crippen MR) is 50.1 cm³/mol. The number of halogens is 2. The van der Waals surface area contributed by atoms with Crippen LogP contribution in [0.25, 0.3) is 0 Å². The number of rotatable bonds is 3. The van der Waals surface area contributed by atoms with Gasteiger partial charge in [0.25, 0.3) is 6.43 Å². The monoisotopic (exact) mass is 186 g/mol. The molecule has 0 radical (unpaired) electrons. The van der Waals surface area contributed by atoms with Crippen LogP contribution in [-0.4, -0.2) is 20.0 Å². The highest BCUT2D eigenvalue weighted by Crippen LogP contribution is 2.16. The van der Waals surface area contributed by atoms with Crippen LogP contribution < -0.4 is 10.6 Å². The maximum atomic E-state index is 12.0. The number of nitrogens with zero attached hydrogens (tertiary/aromatic N) is 1. The van der Waals surface area contributed by atoms with Crippen LogP contribution in [-0.2, 0) is 0 Å². The molecule has 0 bridgehead atoms. The van der Waals surface area contributed by atoms with Gasteiger partial charge in [0.2, 0.25) is 0 Å². The Hall–Kier alpha value is -1.32. The number of hydrogen-bond acceptors (Lipinski definition) is 2. The van der Waals surface area contributed by atoms with Crippen molar-refractivity contribution in [2.24, 2.45) is 0 Å². The van der Waals surface area contributed by atoms with Crippen LogP contribution in [0.15, 0.2) is 24.3 Å². The summed E-state index contributed by atoms with van der Waals surface area (Å²) in [4.78, 5) is 1.47. The molecule has 0 spiro atoms. The summed E-state index contributed by atoms with van der Waals surface area (Å²) >= 11 is 0. The number of nitrogen functional groups attached to an aromatic ring is 1. The summed E-state index contributed by atoms with van der Waals surface area (Å²) in [5.41, 5.74) is 6.80. The Balaban J connectivity index is 2.71. The number of hydrogen-bond donors (Lipinski definition) is 1. The lowest BCUT2D eigenvalue weighted by Gasteiger charge is -2.18. The zero-order chi connectivity index (χ0) is 9.84. The molecule has 0 saturated carbocycles. The van der Waals surface area contributed by atoms with Crippen LogP contribution in [0.5, 0.6) is 0 Å². The van der Waals surface area contributed by atoms with Crippen molar-refractivity contribution in [3.05, 3.63) is 24.3 Å². The van der Waals surface area contributed by atoms with Gasteiger partial charge in [0.05, 0.1) is 6.54 Å². The molecule has 2 N–H and O–H groups in total. The van der Waals surface area contributed by atoms with Gasteiger partial charge in [0.1, 0.15) is 0 Å². The second-order valence-electron chi connectivity index (χ2n) is 2.87. The Morgan fingerprint density at radius 3 is 2.69 bits per heavy atom. The van der Waals surface area contributed by atoms with Gasteiger partial charge in [-0.3, -0.25) is 0 Å². The molecule has 72 valence electrons. The van der Waals surface area contributed by atoms with Gasteiger partial charge in [-0.1, -0.05) is 6.07 Å². The van der Waals surface area contributed by atoms with Crippen molar-refractivity contribution in [3.63, 3.8) is 0 Å². The van der Waals surface area contributed by atoms with Crippen LogP contribution in [0.2, 0.25) is 0 Å². The fourth-order valence-corrected chi connectivity index (χ4v) is 1.07. The van der Waals surface area contributed by atoms with E-state index in [-0.39, 0.29) is 6.54 Å². The van der Waals surface area contributed by atoms with Gasteiger partial charge in [-0.15, -0.1) is 0 Å². The molecule has 1 aromatic carbocycles. The Bertz CT molecular complexity index is 276. The van der Waals surface area contributed by atoms with Crippen molar-refractivity contribution < 1.29 is 8.78 Å². The van der Waals surface area contributed by atoms with Crippen molar-refractivity contribution in [3.8, 4) is 0 Å². The summed E-state index contributed by atoms with van der Waals surface area (Å²) in [7, 11) is 1.61. The Kier molecular flexibility index (Phi) is 3.06. The summed E-state index contributed by atoms with van der Waals surface area (Å²) in [6.45, 7) is -0.274. The fourth-order valence-electron chi connectivity index (χ4n) is 1.07. The molecule has 0 heterocycles. The van der Waals surface area contributed by atoms with E-state index < -0.39 is 6.43 Å². The fraction of sp³-hybridized carbons (Fsp3) is 0.333. The number of nitrogens with two attached hydrogens (primary N) is 1. The Morgan fingerprint density at radius 1 is 1.46 bits per heavy atom. The van der Waals surface area contributed by atoms with Crippen LogP contribution in [0.1, 0.15) is 0 Å². The molecule has 1 aromatic rings. The van der Waals surface area contributed by atoms with E-state index in [4.69, 9.17) is 5.73 Å². The molecule has 0 fully saturated rings. The van der Waals surface area contributed by atoms with Gasteiger partial charge in [-0.2, -0.15) is 0 Å². The average Bonchev–Trinajstić information content (AvgIpc) is 2.03. The van der Waals surface area contributed by atoms with Crippen molar-refractivity contribution in [1.29, 1.82) is 0 Å². The highest BCUT2D eigenvalue weighted by Gasteiger charge is 2.07. The molecule has 0 aromatic heterocycles. The third-order valence-electron chi connectivity index (χ3n) is 1.72. The minimum absolute atomic E-state index is 0.274. The van der Waals surface area contributed by atoms with E-state index in [1.165, 1.54) is 4.90 Å². The third kappa shape index (κ3) is 2.89. The van der Waals surface area contributed by atoms with E-state index in [2.05, 4.69) is 0 Å². The predicted octanol–water partition coefficient (Wildman–Crippen LogP) is 1.97. The number of anilines is 2. The minimum atomic E-state index is -2.33. The smallest absolute Gasteiger partial charge is 0.255 e. The molecule has 1 rings (SSSR count). The van der Waals surface area contributed by atoms with E-state index in [9.17, 15) is 8.78 Å². The first-order chi connectivity index (χ1) is 6.09. The number of alkyl halides is 2. The van der Waals surface area contributed by atoms with E-state index >= 15 is 0 Å². The van der Waals surface area contributed by atoms with Crippen molar-refractivity contribution in [1.82, 2.24) is 0 Å². The first kappa shape index (κ1) is 9.77. The van der Waals surface area contributed by atoms with E-state index in [1.807, 2.05) is 0 Å². The molecular weight excluding hydrogens is 174 g/mol. The van der Waals surface area contributed by atoms with Crippen LogP contribution in [0.4, 0.5) is 20.2 Å². The maximum absolute atomic E-state index is 12.0. The average molecular weight is 186 g/mol. The lowest BCUT2D eigenvalue weighted by molar-refractivity contribution is 0.156. The molecule has 0 unspecified atom stereocenters. The SMILES string of the molecule is CN(CC(F)F)c1cccc(N)c1. The largest absolute Gasteiger partial charge is 0.399 e. The van der Waals surface area contributed by atoms with Crippen LogP contribution in [0, 0.1) is 0 Å². The minimum Gasteiger partial charge on any atom is -0.399 e. The lowest BCUT2D eigenvalue weighted by atomic mass is 10.2. The second kappa shape index (κ2) is 4.07. The Labute approximate surface area is 76.0 Å². The van der Waals surface area contributed by atoms with Gasteiger partial charge < -0.3 is 10.6 Å². The molecule has 0 aliphatic heterocycles. The van der Waals surface area contributed by atoms with Gasteiger partial charge in [-0.25, -0.2) is 8.78 Å². The molecule has 13 heavy (non-hydrogen) atoms. The standard InChI is InChI=1S/C9H12F2N2/c1-13(6-9(10)11)8-4-2-3-7(12)5-8/h2-5,9H,6,12H2,1H3. The molecule has 0 amide bonds. The molecule has 4 heteroatoms. The second-order valence-corrected chi connectivity index (χ2v) is 2.87. The first-order valence-corrected chi connectivity index (χ1v) is 3.94. The summed E-state index contributed by atoms with van der Waals surface area (Å²) in [5.74, 6) is 0. The molecule has 0 atom stereocenters. The van der Waals surface area contributed by atoms with E-state index in [1.54, 1.807) is 31.3 Å². The third-order valence-corrected chi connectivity index (χ3v) is 1.72. The highest BCUT2D eigenvalue weighted by atomic mass is 19.3. The number of benzene rings is 1. The van der Waals surface area contributed by atoms with Crippen LogP contribution in [0.3, 0.4) is 0 Å². The van der Waals surface area contributed by atoms with Crippen molar-refractivity contribution in [2.45, 2.75) is 6.43 Å². The normalized spacial score (nSPS) is 10.5. The lowest BCUT2D eigenvalue weighted by Crippen LogP contribution is -2.23. The van der Waals surface area contributed by atoms with Gasteiger partial charge in [0.15, 0.2) is 0 Å². The summed E-state index contributed by atoms with van der Waals surface area (Å²) in [6, 6.07) is 6.88. The van der Waals surface area contributed by atoms with Crippen LogP contribution >= 0.6 is 0 Å². The quantitative estimate of drug-likeness (QED) is 0.731. The molecule has 0 aliphatic carbocycles. The van der Waals surface area contributed by atoms with E-state index in [0.717, 1.165) is 0 Å². The van der Waals surface area contributed by atoms with Gasteiger partial charge in [-0.05, 0) is 18.2 Å². The van der Waals surface area contributed by atoms with Crippen molar-refractivity contribution >= 4 is 11.4 Å².